The first kappa shape index (κ1) is 22.6. The molecule has 0 aliphatic carbocycles. The van der Waals surface area contributed by atoms with Gasteiger partial charge < -0.3 is 18.9 Å². The van der Waals surface area contributed by atoms with Crippen LogP contribution >= 0.6 is 0 Å². The van der Waals surface area contributed by atoms with E-state index < -0.39 is 30.8 Å². The number of hydrogen-bond acceptors (Lipinski definition) is 4. The molecular weight excluding hydrogens is 407 g/mol. The lowest BCUT2D eigenvalue weighted by molar-refractivity contribution is -0.288. The predicted molar refractivity (Wildman–Crippen MR) is 121 cm³/mol. The monoisotopic (exact) mass is 436 g/mol. The van der Waals surface area contributed by atoms with Gasteiger partial charge in [0.1, 0.15) is 18.3 Å². The lowest BCUT2D eigenvalue weighted by Gasteiger charge is -2.42. The Kier molecular flexibility index (Phi) is 8.02. The van der Waals surface area contributed by atoms with Crippen LogP contribution in [0.1, 0.15) is 23.6 Å². The van der Waals surface area contributed by atoms with Gasteiger partial charge in [0, 0.05) is 0 Å². The number of benzene rings is 3. The second kappa shape index (κ2) is 11.3. The summed E-state index contributed by atoms with van der Waals surface area (Å²) in [4.78, 5) is 0. The maximum Gasteiger partial charge on any atom is 0.228 e. The summed E-state index contributed by atoms with van der Waals surface area (Å²) in [5.41, 5.74) is 3.00. The maximum atomic E-state index is 15.0. The molecule has 4 rings (SSSR count). The number of alkyl halides is 1. The normalized spacial score (nSPS) is 25.5. The zero-order chi connectivity index (χ0) is 22.2. The first-order valence-electron chi connectivity index (χ1n) is 11.0. The van der Waals surface area contributed by atoms with Crippen LogP contribution in [0.3, 0.4) is 0 Å². The summed E-state index contributed by atoms with van der Waals surface area (Å²) in [7, 11) is 0. The highest BCUT2D eigenvalue weighted by atomic mass is 19.1. The molecule has 0 spiro atoms. The molecule has 0 aromatic heterocycles. The van der Waals surface area contributed by atoms with Crippen LogP contribution in [-0.2, 0) is 38.8 Å². The molecule has 0 unspecified atom stereocenters. The zero-order valence-electron chi connectivity index (χ0n) is 18.2. The Morgan fingerprint density at radius 1 is 0.594 bits per heavy atom. The van der Waals surface area contributed by atoms with Gasteiger partial charge in [0.2, 0.25) is 6.36 Å². The van der Waals surface area contributed by atoms with Gasteiger partial charge in [-0.2, -0.15) is 0 Å². The van der Waals surface area contributed by atoms with Crippen LogP contribution < -0.4 is 0 Å². The van der Waals surface area contributed by atoms with Crippen molar-refractivity contribution in [1.82, 2.24) is 0 Å². The third kappa shape index (κ3) is 6.02. The molecule has 3 aromatic carbocycles. The Labute approximate surface area is 188 Å². The molecule has 1 saturated heterocycles. The van der Waals surface area contributed by atoms with E-state index in [9.17, 15) is 0 Å². The summed E-state index contributed by atoms with van der Waals surface area (Å²) in [5, 5.41) is 0. The van der Waals surface area contributed by atoms with Crippen LogP contribution in [0, 0.1) is 0 Å². The molecule has 32 heavy (non-hydrogen) atoms. The molecule has 5 heteroatoms. The minimum absolute atomic E-state index is 0.264. The summed E-state index contributed by atoms with van der Waals surface area (Å²) >= 11 is 0. The fourth-order valence-electron chi connectivity index (χ4n) is 3.85. The first-order chi connectivity index (χ1) is 15.7. The smallest absolute Gasteiger partial charge is 0.228 e. The van der Waals surface area contributed by atoms with E-state index in [0.717, 1.165) is 16.7 Å². The average molecular weight is 437 g/mol. The highest BCUT2D eigenvalue weighted by molar-refractivity contribution is 5.15. The Balaban J connectivity index is 1.50. The van der Waals surface area contributed by atoms with Crippen LogP contribution in [-0.4, -0.2) is 30.8 Å². The summed E-state index contributed by atoms with van der Waals surface area (Å²) in [6.07, 6.45) is -4.10. The zero-order valence-corrected chi connectivity index (χ0v) is 18.2. The van der Waals surface area contributed by atoms with Crippen molar-refractivity contribution in [3.8, 4) is 0 Å². The van der Waals surface area contributed by atoms with E-state index in [1.54, 1.807) is 0 Å². The van der Waals surface area contributed by atoms with Crippen LogP contribution in [0.4, 0.5) is 4.39 Å². The van der Waals surface area contributed by atoms with Gasteiger partial charge in [-0.25, -0.2) is 4.39 Å². The van der Waals surface area contributed by atoms with Gasteiger partial charge in [0.15, 0.2) is 0 Å². The van der Waals surface area contributed by atoms with Crippen molar-refractivity contribution in [2.45, 2.75) is 57.5 Å². The van der Waals surface area contributed by atoms with E-state index >= 15 is 4.39 Å². The predicted octanol–water partition coefficient (Wildman–Crippen LogP) is 5.46. The summed E-state index contributed by atoms with van der Waals surface area (Å²) in [6, 6.07) is 29.4. The SMILES string of the molecule is C[C@@H]1O[C@H](F)[C@@H](OCc2ccccc2)[C@H](OCc2ccccc2)[C@@H]1OCc1ccccc1. The van der Waals surface area contributed by atoms with Crippen LogP contribution in [0.5, 0.6) is 0 Å². The summed E-state index contributed by atoms with van der Waals surface area (Å²) in [5.74, 6) is 0. The Hall–Kier alpha value is -2.57. The lowest BCUT2D eigenvalue weighted by Crippen LogP contribution is -2.58. The molecule has 1 aliphatic rings. The largest absolute Gasteiger partial charge is 0.368 e. The standard InChI is InChI=1S/C27H29FO4/c1-20-24(29-17-21-11-5-2-6-12-21)25(30-18-22-13-7-3-8-14-22)26(27(28)32-20)31-19-23-15-9-4-10-16-23/h2-16,20,24-27H,17-19H2,1H3/t20-,24+,25+,26-,27-/m0/s1. The van der Waals surface area contributed by atoms with Crippen LogP contribution in [0.2, 0.25) is 0 Å². The van der Waals surface area contributed by atoms with Gasteiger partial charge in [0.25, 0.3) is 0 Å². The number of ether oxygens (including phenoxy) is 4. The highest BCUT2D eigenvalue weighted by Crippen LogP contribution is 2.30. The first-order valence-corrected chi connectivity index (χ1v) is 11.0. The molecule has 168 valence electrons. The van der Waals surface area contributed by atoms with Gasteiger partial charge in [0.05, 0.1) is 25.9 Å². The topological polar surface area (TPSA) is 36.9 Å². The molecule has 0 N–H and O–H groups in total. The molecule has 4 nitrogen and oxygen atoms in total. The van der Waals surface area contributed by atoms with Crippen molar-refractivity contribution in [3.63, 3.8) is 0 Å². The quantitative estimate of drug-likeness (QED) is 0.447. The molecular formula is C27H29FO4. The molecule has 1 fully saturated rings. The van der Waals surface area contributed by atoms with E-state index in [0.29, 0.717) is 13.2 Å². The third-order valence-electron chi connectivity index (χ3n) is 5.57. The van der Waals surface area contributed by atoms with Crippen LogP contribution in [0.25, 0.3) is 0 Å². The molecule has 5 atom stereocenters. The highest BCUT2D eigenvalue weighted by Gasteiger charge is 2.47. The molecule has 0 bridgehead atoms. The Morgan fingerprint density at radius 2 is 0.969 bits per heavy atom. The molecule has 1 aliphatic heterocycles. The molecule has 0 radical (unpaired) electrons. The second-order valence-corrected chi connectivity index (χ2v) is 7.98. The van der Waals surface area contributed by atoms with Crippen molar-refractivity contribution in [1.29, 1.82) is 0 Å². The van der Waals surface area contributed by atoms with E-state index in [-0.39, 0.29) is 6.61 Å². The summed E-state index contributed by atoms with van der Waals surface area (Å²) in [6.45, 7) is 2.79. The molecule has 1 heterocycles. The van der Waals surface area contributed by atoms with E-state index in [1.165, 1.54) is 0 Å². The van der Waals surface area contributed by atoms with Crippen molar-refractivity contribution in [2.24, 2.45) is 0 Å². The number of halogens is 1. The lowest BCUT2D eigenvalue weighted by atomic mass is 9.99. The molecule has 0 saturated carbocycles. The second-order valence-electron chi connectivity index (χ2n) is 7.98. The fourth-order valence-corrected chi connectivity index (χ4v) is 3.85. The molecule has 0 amide bonds. The Morgan fingerprint density at radius 3 is 1.41 bits per heavy atom. The van der Waals surface area contributed by atoms with Crippen molar-refractivity contribution in [3.05, 3.63) is 108 Å². The third-order valence-corrected chi connectivity index (χ3v) is 5.57. The number of rotatable bonds is 9. The van der Waals surface area contributed by atoms with E-state index in [4.69, 9.17) is 18.9 Å². The maximum absolute atomic E-state index is 15.0. The summed E-state index contributed by atoms with van der Waals surface area (Å²) < 4.78 is 39.1. The fraction of sp³-hybridized carbons (Fsp3) is 0.333. The van der Waals surface area contributed by atoms with Gasteiger partial charge in [-0.3, -0.25) is 0 Å². The minimum atomic E-state index is -1.61. The minimum Gasteiger partial charge on any atom is -0.368 e. The van der Waals surface area contributed by atoms with Crippen LogP contribution in [0.15, 0.2) is 91.0 Å². The molecule has 3 aromatic rings. The van der Waals surface area contributed by atoms with Crippen molar-refractivity contribution >= 4 is 0 Å². The van der Waals surface area contributed by atoms with Gasteiger partial charge in [-0.1, -0.05) is 91.0 Å². The van der Waals surface area contributed by atoms with Crippen molar-refractivity contribution < 1.29 is 23.3 Å². The Bertz CT molecular complexity index is 867. The van der Waals surface area contributed by atoms with Gasteiger partial charge in [-0.15, -0.1) is 0 Å². The van der Waals surface area contributed by atoms with Crippen molar-refractivity contribution in [2.75, 3.05) is 0 Å². The van der Waals surface area contributed by atoms with E-state index in [1.807, 2.05) is 97.9 Å². The van der Waals surface area contributed by atoms with Gasteiger partial charge in [-0.05, 0) is 23.6 Å². The van der Waals surface area contributed by atoms with Gasteiger partial charge >= 0.3 is 0 Å². The van der Waals surface area contributed by atoms with E-state index in [2.05, 4.69) is 0 Å². The number of hydrogen-bond donors (Lipinski definition) is 0. The average Bonchev–Trinajstić information content (AvgIpc) is 2.83.